The minimum atomic E-state index is -0.578. The van der Waals surface area contributed by atoms with Crippen LogP contribution < -0.4 is 10.5 Å². The van der Waals surface area contributed by atoms with Crippen LogP contribution in [-0.4, -0.2) is 34.5 Å². The maximum atomic E-state index is 11.6. The first-order chi connectivity index (χ1) is 12.1. The molecule has 1 aromatic heterocycles. The average Bonchev–Trinajstić information content (AvgIpc) is 3.08. The number of nitrogens with two attached hydrogens (primary N) is 1. The number of hydrogen-bond donors (Lipinski definition) is 2. The molecule has 0 fully saturated rings. The fourth-order valence-electron chi connectivity index (χ4n) is 2.60. The number of nitrogens with zero attached hydrogens (tertiary/aromatic N) is 2. The summed E-state index contributed by atoms with van der Waals surface area (Å²) in [4.78, 5) is 11.6. The third-order valence-electron chi connectivity index (χ3n) is 3.93. The maximum Gasteiger partial charge on any atom is 0.269 e. The van der Waals surface area contributed by atoms with E-state index in [1.54, 1.807) is 17.9 Å². The van der Waals surface area contributed by atoms with Crippen molar-refractivity contribution in [3.63, 3.8) is 0 Å². The quantitative estimate of drug-likeness (QED) is 0.721. The van der Waals surface area contributed by atoms with Crippen molar-refractivity contribution >= 4 is 5.91 Å². The van der Waals surface area contributed by atoms with Gasteiger partial charge in [-0.15, -0.1) is 0 Å². The highest BCUT2D eigenvalue weighted by Gasteiger charge is 2.15. The van der Waals surface area contributed by atoms with Gasteiger partial charge in [-0.2, -0.15) is 5.10 Å². The standard InChI is InChI=1S/C19H19N3O3/c1-25-16-8-6-15(7-9-16)22-18(12-17(21-22)19(20)24)14-4-2-13(3-5-14)10-11-23/h2-9,12,23H,10-11H2,1H3,(H2,20,24). The molecule has 0 aliphatic rings. The highest BCUT2D eigenvalue weighted by Crippen LogP contribution is 2.25. The second-order valence-corrected chi connectivity index (χ2v) is 5.56. The Labute approximate surface area is 145 Å². The summed E-state index contributed by atoms with van der Waals surface area (Å²) in [5.74, 6) is 0.159. The summed E-state index contributed by atoms with van der Waals surface area (Å²) in [5, 5.41) is 13.4. The van der Waals surface area contributed by atoms with Gasteiger partial charge in [0.2, 0.25) is 0 Å². The van der Waals surface area contributed by atoms with Gasteiger partial charge in [0.25, 0.3) is 5.91 Å². The molecule has 0 spiro atoms. The number of amides is 1. The molecule has 128 valence electrons. The number of benzene rings is 2. The van der Waals surface area contributed by atoms with Crippen LogP contribution in [0.1, 0.15) is 16.1 Å². The van der Waals surface area contributed by atoms with Gasteiger partial charge in [-0.3, -0.25) is 4.79 Å². The van der Waals surface area contributed by atoms with Crippen LogP contribution in [0, 0.1) is 0 Å². The molecule has 1 heterocycles. The lowest BCUT2D eigenvalue weighted by molar-refractivity contribution is 0.0995. The topological polar surface area (TPSA) is 90.4 Å². The van der Waals surface area contributed by atoms with E-state index in [1.807, 2.05) is 48.5 Å². The Hall–Kier alpha value is -3.12. The van der Waals surface area contributed by atoms with E-state index in [2.05, 4.69) is 5.10 Å². The minimum Gasteiger partial charge on any atom is -0.497 e. The van der Waals surface area contributed by atoms with E-state index in [4.69, 9.17) is 15.6 Å². The van der Waals surface area contributed by atoms with Crippen LogP contribution >= 0.6 is 0 Å². The summed E-state index contributed by atoms with van der Waals surface area (Å²) in [7, 11) is 1.60. The summed E-state index contributed by atoms with van der Waals surface area (Å²) < 4.78 is 6.86. The van der Waals surface area contributed by atoms with Crippen molar-refractivity contribution in [1.29, 1.82) is 0 Å². The van der Waals surface area contributed by atoms with Crippen molar-refractivity contribution in [3.8, 4) is 22.7 Å². The fraction of sp³-hybridized carbons (Fsp3) is 0.158. The lowest BCUT2D eigenvalue weighted by atomic mass is 10.1. The van der Waals surface area contributed by atoms with Crippen LogP contribution in [0.3, 0.4) is 0 Å². The van der Waals surface area contributed by atoms with Gasteiger partial charge in [-0.1, -0.05) is 24.3 Å². The highest BCUT2D eigenvalue weighted by molar-refractivity contribution is 5.92. The van der Waals surface area contributed by atoms with Crippen LogP contribution in [0.4, 0.5) is 0 Å². The summed E-state index contributed by atoms with van der Waals surface area (Å²) in [5.41, 5.74) is 9.09. The SMILES string of the molecule is COc1ccc(-n2nc(C(N)=O)cc2-c2ccc(CCO)cc2)cc1. The second kappa shape index (κ2) is 7.19. The first-order valence-electron chi connectivity index (χ1n) is 7.87. The van der Waals surface area contributed by atoms with Crippen LogP contribution in [-0.2, 0) is 6.42 Å². The molecule has 0 saturated heterocycles. The van der Waals surface area contributed by atoms with Crippen LogP contribution in [0.5, 0.6) is 5.75 Å². The normalized spacial score (nSPS) is 10.6. The molecule has 3 rings (SSSR count). The molecule has 6 heteroatoms. The van der Waals surface area contributed by atoms with Gasteiger partial charge >= 0.3 is 0 Å². The third kappa shape index (κ3) is 3.54. The maximum absolute atomic E-state index is 11.6. The Morgan fingerprint density at radius 2 is 1.84 bits per heavy atom. The van der Waals surface area contributed by atoms with Crippen molar-refractivity contribution in [2.45, 2.75) is 6.42 Å². The molecule has 0 atom stereocenters. The predicted molar refractivity (Wildman–Crippen MR) is 94.9 cm³/mol. The number of ether oxygens (including phenoxy) is 1. The Kier molecular flexibility index (Phi) is 4.81. The van der Waals surface area contributed by atoms with E-state index in [0.29, 0.717) is 6.42 Å². The Morgan fingerprint density at radius 1 is 1.16 bits per heavy atom. The lowest BCUT2D eigenvalue weighted by Crippen LogP contribution is -2.12. The number of methoxy groups -OCH3 is 1. The summed E-state index contributed by atoms with van der Waals surface area (Å²) in [6.07, 6.45) is 0.602. The number of aromatic nitrogens is 2. The minimum absolute atomic E-state index is 0.106. The van der Waals surface area contributed by atoms with Gasteiger partial charge in [0.15, 0.2) is 5.69 Å². The molecule has 2 aromatic carbocycles. The van der Waals surface area contributed by atoms with E-state index in [1.165, 1.54) is 0 Å². The predicted octanol–water partition coefficient (Wildman–Crippen LogP) is 2.18. The fourth-order valence-corrected chi connectivity index (χ4v) is 2.60. The van der Waals surface area contributed by atoms with Crippen molar-refractivity contribution in [3.05, 3.63) is 65.9 Å². The van der Waals surface area contributed by atoms with E-state index >= 15 is 0 Å². The zero-order valence-electron chi connectivity index (χ0n) is 13.8. The molecule has 6 nitrogen and oxygen atoms in total. The molecule has 0 aliphatic heterocycles. The molecular weight excluding hydrogens is 318 g/mol. The molecule has 0 radical (unpaired) electrons. The number of carbonyl (C=O) groups is 1. The van der Waals surface area contributed by atoms with Crippen LogP contribution in [0.2, 0.25) is 0 Å². The van der Waals surface area contributed by atoms with Gasteiger partial charge in [0, 0.05) is 12.2 Å². The molecular formula is C19H19N3O3. The Balaban J connectivity index is 2.06. The molecule has 0 saturated carbocycles. The molecule has 1 amide bonds. The van der Waals surface area contributed by atoms with Gasteiger partial charge in [-0.25, -0.2) is 4.68 Å². The number of carbonyl (C=O) groups excluding carboxylic acids is 1. The highest BCUT2D eigenvalue weighted by atomic mass is 16.5. The number of aliphatic hydroxyl groups excluding tert-OH is 1. The Morgan fingerprint density at radius 3 is 2.40 bits per heavy atom. The zero-order chi connectivity index (χ0) is 17.8. The number of aliphatic hydroxyl groups is 1. The zero-order valence-corrected chi connectivity index (χ0v) is 13.8. The summed E-state index contributed by atoms with van der Waals surface area (Å²) >= 11 is 0. The first-order valence-corrected chi connectivity index (χ1v) is 7.87. The van der Waals surface area contributed by atoms with Gasteiger partial charge < -0.3 is 15.6 Å². The van der Waals surface area contributed by atoms with Crippen molar-refractivity contribution in [2.75, 3.05) is 13.7 Å². The monoisotopic (exact) mass is 337 g/mol. The van der Waals surface area contributed by atoms with Gasteiger partial charge in [-0.05, 0) is 42.3 Å². The average molecular weight is 337 g/mol. The lowest BCUT2D eigenvalue weighted by Gasteiger charge is -2.09. The molecule has 0 bridgehead atoms. The number of primary amides is 1. The number of hydrogen-bond acceptors (Lipinski definition) is 4. The summed E-state index contributed by atoms with van der Waals surface area (Å²) in [6.45, 7) is 0.106. The molecule has 3 aromatic rings. The largest absolute Gasteiger partial charge is 0.497 e. The first kappa shape index (κ1) is 16.7. The summed E-state index contributed by atoms with van der Waals surface area (Å²) in [6, 6.07) is 16.8. The van der Waals surface area contributed by atoms with E-state index in [-0.39, 0.29) is 12.3 Å². The van der Waals surface area contributed by atoms with Gasteiger partial charge in [0.1, 0.15) is 5.75 Å². The van der Waals surface area contributed by atoms with Crippen molar-refractivity contribution in [2.24, 2.45) is 5.73 Å². The second-order valence-electron chi connectivity index (χ2n) is 5.56. The smallest absolute Gasteiger partial charge is 0.269 e. The Bertz CT molecular complexity index is 868. The molecule has 0 aliphatic carbocycles. The molecule has 0 unspecified atom stereocenters. The molecule has 25 heavy (non-hydrogen) atoms. The van der Waals surface area contributed by atoms with Crippen molar-refractivity contribution in [1.82, 2.24) is 9.78 Å². The van der Waals surface area contributed by atoms with Crippen LogP contribution in [0.15, 0.2) is 54.6 Å². The number of rotatable bonds is 6. The van der Waals surface area contributed by atoms with Crippen LogP contribution in [0.25, 0.3) is 16.9 Å². The van der Waals surface area contributed by atoms with E-state index in [0.717, 1.165) is 28.3 Å². The van der Waals surface area contributed by atoms with Gasteiger partial charge in [0.05, 0.1) is 18.5 Å². The van der Waals surface area contributed by atoms with E-state index in [9.17, 15) is 4.79 Å². The molecule has 3 N–H and O–H groups in total. The van der Waals surface area contributed by atoms with Crippen molar-refractivity contribution < 1.29 is 14.6 Å². The van der Waals surface area contributed by atoms with E-state index < -0.39 is 5.91 Å². The third-order valence-corrected chi connectivity index (χ3v) is 3.93.